The third-order valence-electron chi connectivity index (χ3n) is 4.81. The molecule has 11 heteroatoms. The van der Waals surface area contributed by atoms with Gasteiger partial charge in [-0.3, -0.25) is 19.7 Å². The molecule has 1 aromatic heterocycles. The number of aromatic nitrogens is 2. The summed E-state index contributed by atoms with van der Waals surface area (Å²) in [5.74, 6) is -0.955. The molecule has 1 atom stereocenters. The summed E-state index contributed by atoms with van der Waals surface area (Å²) in [5.41, 5.74) is 1.21. The number of benzene rings is 2. The summed E-state index contributed by atoms with van der Waals surface area (Å²) in [4.78, 5) is 36.4. The van der Waals surface area contributed by atoms with E-state index >= 15 is 0 Å². The minimum absolute atomic E-state index is 0.0349. The van der Waals surface area contributed by atoms with Crippen LogP contribution in [0.5, 0.6) is 0 Å². The minimum Gasteiger partial charge on any atom is -0.312 e. The van der Waals surface area contributed by atoms with Gasteiger partial charge in [0.15, 0.2) is 0 Å². The molecular formula is C20H16FN5O4S. The van der Waals surface area contributed by atoms with Crippen LogP contribution in [-0.4, -0.2) is 33.5 Å². The first-order valence-corrected chi connectivity index (χ1v) is 10.1. The Bertz CT molecular complexity index is 1130. The SMILES string of the molecule is O=C(Cc1ccc([N+](=O)[O-])cc1)Nc1nnc(C2CC(=O)N(c3ccc(F)cc3)C2)s1. The standard InChI is InChI=1S/C20H16FN5O4S/c21-14-3-7-15(8-4-14)25-11-13(10-18(25)28)19-23-24-20(31-19)22-17(27)9-12-1-5-16(6-2-12)26(29)30/h1-8,13H,9-11H2,(H,22,24,27). The summed E-state index contributed by atoms with van der Waals surface area (Å²) < 4.78 is 13.1. The molecule has 1 aliphatic rings. The van der Waals surface area contributed by atoms with Crippen LogP contribution < -0.4 is 10.2 Å². The van der Waals surface area contributed by atoms with Gasteiger partial charge in [-0.2, -0.15) is 0 Å². The topological polar surface area (TPSA) is 118 Å². The van der Waals surface area contributed by atoms with Crippen molar-refractivity contribution >= 4 is 39.7 Å². The first kappa shape index (κ1) is 20.5. The van der Waals surface area contributed by atoms with Crippen LogP contribution in [0.15, 0.2) is 48.5 Å². The third kappa shape index (κ3) is 4.72. The van der Waals surface area contributed by atoms with E-state index in [1.54, 1.807) is 17.0 Å². The zero-order chi connectivity index (χ0) is 22.0. The van der Waals surface area contributed by atoms with Gasteiger partial charge in [-0.1, -0.05) is 23.5 Å². The number of nitro groups is 1. The molecule has 2 heterocycles. The lowest BCUT2D eigenvalue weighted by atomic mass is 10.1. The lowest BCUT2D eigenvalue weighted by Gasteiger charge is -2.16. The van der Waals surface area contributed by atoms with Crippen LogP contribution in [0.1, 0.15) is 22.9 Å². The lowest BCUT2D eigenvalue weighted by molar-refractivity contribution is -0.384. The molecule has 0 radical (unpaired) electrons. The smallest absolute Gasteiger partial charge is 0.269 e. The number of nitrogens with zero attached hydrogens (tertiary/aromatic N) is 4. The molecule has 1 fully saturated rings. The number of carbonyl (C=O) groups excluding carboxylic acids is 2. The van der Waals surface area contributed by atoms with Crippen molar-refractivity contribution in [2.24, 2.45) is 0 Å². The van der Waals surface area contributed by atoms with E-state index in [-0.39, 0.29) is 42.1 Å². The summed E-state index contributed by atoms with van der Waals surface area (Å²) in [6, 6.07) is 11.5. The van der Waals surface area contributed by atoms with Crippen molar-refractivity contribution in [1.82, 2.24) is 10.2 Å². The highest BCUT2D eigenvalue weighted by molar-refractivity contribution is 7.15. The van der Waals surface area contributed by atoms with Crippen LogP contribution in [0.3, 0.4) is 0 Å². The summed E-state index contributed by atoms with van der Waals surface area (Å²) >= 11 is 1.19. The van der Waals surface area contributed by atoms with Gasteiger partial charge in [0.1, 0.15) is 10.8 Å². The normalized spacial score (nSPS) is 15.8. The highest BCUT2D eigenvalue weighted by atomic mass is 32.1. The highest BCUT2D eigenvalue weighted by Crippen LogP contribution is 2.34. The van der Waals surface area contributed by atoms with Crippen LogP contribution in [0.2, 0.25) is 0 Å². The Morgan fingerprint density at radius 2 is 1.90 bits per heavy atom. The number of hydrogen-bond donors (Lipinski definition) is 1. The molecule has 0 bridgehead atoms. The van der Waals surface area contributed by atoms with E-state index in [1.165, 1.54) is 47.7 Å². The number of amides is 2. The van der Waals surface area contributed by atoms with E-state index in [0.29, 0.717) is 27.9 Å². The van der Waals surface area contributed by atoms with Crippen molar-refractivity contribution in [2.45, 2.75) is 18.8 Å². The zero-order valence-electron chi connectivity index (χ0n) is 16.0. The van der Waals surface area contributed by atoms with Crippen molar-refractivity contribution in [3.8, 4) is 0 Å². The molecule has 1 aliphatic heterocycles. The Morgan fingerprint density at radius 1 is 1.19 bits per heavy atom. The monoisotopic (exact) mass is 441 g/mol. The Hall–Kier alpha value is -3.73. The largest absolute Gasteiger partial charge is 0.312 e. The fraction of sp³-hybridized carbons (Fsp3) is 0.200. The van der Waals surface area contributed by atoms with Crippen LogP contribution in [0.4, 0.5) is 20.9 Å². The molecule has 1 saturated heterocycles. The average Bonchev–Trinajstić information content (AvgIpc) is 3.35. The van der Waals surface area contributed by atoms with Crippen LogP contribution in [0, 0.1) is 15.9 Å². The third-order valence-corrected chi connectivity index (χ3v) is 5.81. The van der Waals surface area contributed by atoms with E-state index < -0.39 is 4.92 Å². The molecule has 1 N–H and O–H groups in total. The average molecular weight is 441 g/mol. The molecule has 3 aromatic rings. The number of nitro benzene ring substituents is 1. The van der Waals surface area contributed by atoms with Gasteiger partial charge < -0.3 is 10.2 Å². The second kappa shape index (κ2) is 8.56. The molecule has 2 amide bonds. The Morgan fingerprint density at radius 3 is 2.58 bits per heavy atom. The second-order valence-electron chi connectivity index (χ2n) is 6.98. The van der Waals surface area contributed by atoms with Gasteiger partial charge >= 0.3 is 0 Å². The van der Waals surface area contributed by atoms with Gasteiger partial charge in [0.2, 0.25) is 16.9 Å². The number of carbonyl (C=O) groups is 2. The number of anilines is 2. The van der Waals surface area contributed by atoms with Crippen molar-refractivity contribution in [1.29, 1.82) is 0 Å². The van der Waals surface area contributed by atoms with Gasteiger partial charge in [0, 0.05) is 36.7 Å². The van der Waals surface area contributed by atoms with E-state index in [1.807, 2.05) is 0 Å². The van der Waals surface area contributed by atoms with Gasteiger partial charge in [-0.25, -0.2) is 4.39 Å². The molecule has 1 unspecified atom stereocenters. The van der Waals surface area contributed by atoms with Gasteiger partial charge in [-0.15, -0.1) is 10.2 Å². The quantitative estimate of drug-likeness (QED) is 0.463. The summed E-state index contributed by atoms with van der Waals surface area (Å²) in [6.07, 6.45) is 0.288. The first-order chi connectivity index (χ1) is 14.9. The van der Waals surface area contributed by atoms with Crippen molar-refractivity contribution in [3.05, 3.63) is 75.0 Å². The number of halogens is 1. The second-order valence-corrected chi connectivity index (χ2v) is 7.98. The molecule has 0 aliphatic carbocycles. The first-order valence-electron chi connectivity index (χ1n) is 9.31. The fourth-order valence-corrected chi connectivity index (χ4v) is 4.13. The minimum atomic E-state index is -0.502. The molecule has 2 aromatic carbocycles. The highest BCUT2D eigenvalue weighted by Gasteiger charge is 2.34. The van der Waals surface area contributed by atoms with E-state index in [9.17, 15) is 24.1 Å². The maximum atomic E-state index is 13.1. The lowest BCUT2D eigenvalue weighted by Crippen LogP contribution is -2.24. The predicted molar refractivity (Wildman–Crippen MR) is 111 cm³/mol. The Labute approximate surface area is 179 Å². The van der Waals surface area contributed by atoms with Crippen molar-refractivity contribution < 1.29 is 18.9 Å². The molecule has 9 nitrogen and oxygen atoms in total. The van der Waals surface area contributed by atoms with E-state index in [0.717, 1.165) is 0 Å². The van der Waals surface area contributed by atoms with Crippen LogP contribution >= 0.6 is 11.3 Å². The molecular weight excluding hydrogens is 425 g/mol. The molecule has 4 rings (SSSR count). The molecule has 31 heavy (non-hydrogen) atoms. The number of rotatable bonds is 6. The van der Waals surface area contributed by atoms with Crippen molar-refractivity contribution in [2.75, 3.05) is 16.8 Å². The Balaban J connectivity index is 1.37. The zero-order valence-corrected chi connectivity index (χ0v) is 16.8. The summed E-state index contributed by atoms with van der Waals surface area (Å²) in [6.45, 7) is 0.399. The van der Waals surface area contributed by atoms with E-state index in [4.69, 9.17) is 0 Å². The maximum Gasteiger partial charge on any atom is 0.269 e. The fourth-order valence-electron chi connectivity index (χ4n) is 3.28. The van der Waals surface area contributed by atoms with Crippen LogP contribution in [-0.2, 0) is 16.0 Å². The van der Waals surface area contributed by atoms with E-state index in [2.05, 4.69) is 15.5 Å². The molecule has 0 saturated carbocycles. The maximum absolute atomic E-state index is 13.1. The van der Waals surface area contributed by atoms with Gasteiger partial charge in [0.05, 0.1) is 11.3 Å². The van der Waals surface area contributed by atoms with Crippen LogP contribution in [0.25, 0.3) is 0 Å². The summed E-state index contributed by atoms with van der Waals surface area (Å²) in [7, 11) is 0. The Kier molecular flexibility index (Phi) is 5.67. The van der Waals surface area contributed by atoms with Crippen molar-refractivity contribution in [3.63, 3.8) is 0 Å². The predicted octanol–water partition coefficient (Wildman–Crippen LogP) is 3.29. The number of nitrogens with one attached hydrogen (secondary N) is 1. The number of hydrogen-bond acceptors (Lipinski definition) is 7. The molecule has 158 valence electrons. The molecule has 0 spiro atoms. The summed E-state index contributed by atoms with van der Waals surface area (Å²) in [5, 5.41) is 22.4. The van der Waals surface area contributed by atoms with Gasteiger partial charge in [0.25, 0.3) is 5.69 Å². The number of non-ortho nitro benzene ring substituents is 1. The van der Waals surface area contributed by atoms with Gasteiger partial charge in [-0.05, 0) is 29.8 Å².